The van der Waals surface area contributed by atoms with Crippen LogP contribution in [0.5, 0.6) is 0 Å². The first kappa shape index (κ1) is 16.0. The molecule has 1 aromatic heterocycles. The van der Waals surface area contributed by atoms with Crippen LogP contribution in [0.2, 0.25) is 0 Å². The number of alkyl carbamates (subject to hydrolysis) is 1. The molecule has 6 heteroatoms. The van der Waals surface area contributed by atoms with Crippen LogP contribution in [0.25, 0.3) is 10.6 Å². The monoisotopic (exact) mass is 315 g/mol. The zero-order valence-electron chi connectivity index (χ0n) is 12.7. The van der Waals surface area contributed by atoms with Crippen LogP contribution in [-0.2, 0) is 11.3 Å². The molecule has 0 aliphatic carbocycles. The fraction of sp³-hybridized carbons (Fsp3) is 0.312. The maximum atomic E-state index is 11.6. The first-order valence-electron chi connectivity index (χ1n) is 6.79. The van der Waals surface area contributed by atoms with Crippen LogP contribution in [0.15, 0.2) is 30.5 Å². The van der Waals surface area contributed by atoms with E-state index in [2.05, 4.69) is 16.4 Å². The molecule has 0 unspecified atom stereocenters. The summed E-state index contributed by atoms with van der Waals surface area (Å²) in [4.78, 5) is 16.9. The molecule has 1 heterocycles. The third-order valence-corrected chi connectivity index (χ3v) is 3.67. The Hall–Kier alpha value is -2.39. The Balaban J connectivity index is 1.97. The number of nitrogens with one attached hydrogen (secondary N) is 1. The number of amides is 1. The van der Waals surface area contributed by atoms with E-state index in [0.29, 0.717) is 12.1 Å². The highest BCUT2D eigenvalue weighted by Crippen LogP contribution is 2.25. The van der Waals surface area contributed by atoms with Gasteiger partial charge >= 0.3 is 6.09 Å². The van der Waals surface area contributed by atoms with Gasteiger partial charge in [-0.15, -0.1) is 11.3 Å². The van der Waals surface area contributed by atoms with Gasteiger partial charge in [-0.1, -0.05) is 12.1 Å². The Morgan fingerprint density at radius 2 is 2.05 bits per heavy atom. The summed E-state index contributed by atoms with van der Waals surface area (Å²) >= 11 is 1.50. The zero-order valence-corrected chi connectivity index (χ0v) is 13.5. The van der Waals surface area contributed by atoms with Gasteiger partial charge in [0, 0.05) is 16.6 Å². The summed E-state index contributed by atoms with van der Waals surface area (Å²) in [7, 11) is 0. The SMILES string of the molecule is CC(C)(C)OC(=O)NCc1cnc(-c2ccc(C#N)cc2)s1. The predicted molar refractivity (Wildman–Crippen MR) is 85.3 cm³/mol. The van der Waals surface area contributed by atoms with E-state index >= 15 is 0 Å². The van der Waals surface area contributed by atoms with Crippen LogP contribution < -0.4 is 5.32 Å². The average molecular weight is 315 g/mol. The fourth-order valence-corrected chi connectivity index (χ4v) is 2.54. The van der Waals surface area contributed by atoms with Gasteiger partial charge in [-0.05, 0) is 32.9 Å². The van der Waals surface area contributed by atoms with Gasteiger partial charge in [-0.3, -0.25) is 0 Å². The van der Waals surface area contributed by atoms with Crippen molar-refractivity contribution in [1.82, 2.24) is 10.3 Å². The molecule has 2 aromatic rings. The molecule has 1 aromatic carbocycles. The molecule has 114 valence electrons. The molecule has 0 saturated carbocycles. The maximum Gasteiger partial charge on any atom is 0.407 e. The number of hydrogen-bond acceptors (Lipinski definition) is 5. The molecule has 0 saturated heterocycles. The van der Waals surface area contributed by atoms with Gasteiger partial charge in [0.15, 0.2) is 0 Å². The number of nitrogens with zero attached hydrogens (tertiary/aromatic N) is 2. The van der Waals surface area contributed by atoms with Gasteiger partial charge in [0.1, 0.15) is 10.6 Å². The standard InChI is InChI=1S/C16H17N3O2S/c1-16(2,3)21-15(20)19-10-13-9-18-14(22-13)12-6-4-11(8-17)5-7-12/h4-7,9H,10H2,1-3H3,(H,19,20). The normalized spacial score (nSPS) is 10.8. The number of hydrogen-bond donors (Lipinski definition) is 1. The van der Waals surface area contributed by atoms with E-state index in [-0.39, 0.29) is 0 Å². The van der Waals surface area contributed by atoms with Crippen LogP contribution in [-0.4, -0.2) is 16.7 Å². The third-order valence-electron chi connectivity index (χ3n) is 2.62. The highest BCUT2D eigenvalue weighted by Gasteiger charge is 2.16. The molecule has 0 aliphatic rings. The van der Waals surface area contributed by atoms with E-state index in [0.717, 1.165) is 15.4 Å². The Morgan fingerprint density at radius 1 is 1.36 bits per heavy atom. The minimum absolute atomic E-state index is 0.378. The van der Waals surface area contributed by atoms with E-state index in [1.165, 1.54) is 11.3 Å². The minimum Gasteiger partial charge on any atom is -0.444 e. The topological polar surface area (TPSA) is 75.0 Å². The molecule has 0 spiro atoms. The lowest BCUT2D eigenvalue weighted by Crippen LogP contribution is -2.31. The van der Waals surface area contributed by atoms with E-state index in [1.54, 1.807) is 18.3 Å². The van der Waals surface area contributed by atoms with E-state index in [1.807, 2.05) is 32.9 Å². The fourth-order valence-electron chi connectivity index (χ4n) is 1.68. The lowest BCUT2D eigenvalue weighted by atomic mass is 10.1. The lowest BCUT2D eigenvalue weighted by molar-refractivity contribution is 0.0524. The number of rotatable bonds is 3. The Morgan fingerprint density at radius 3 is 2.64 bits per heavy atom. The quantitative estimate of drug-likeness (QED) is 0.937. The second-order valence-electron chi connectivity index (χ2n) is 5.68. The van der Waals surface area contributed by atoms with Crippen molar-refractivity contribution in [2.24, 2.45) is 0 Å². The molecular weight excluding hydrogens is 298 g/mol. The van der Waals surface area contributed by atoms with Gasteiger partial charge in [0.2, 0.25) is 0 Å². The summed E-state index contributed by atoms with van der Waals surface area (Å²) < 4.78 is 5.18. The number of thiazole rings is 1. The molecule has 22 heavy (non-hydrogen) atoms. The number of benzene rings is 1. The van der Waals surface area contributed by atoms with Gasteiger partial charge in [0.25, 0.3) is 0 Å². The molecule has 0 bridgehead atoms. The molecule has 1 N–H and O–H groups in total. The first-order chi connectivity index (χ1) is 10.4. The van der Waals surface area contributed by atoms with Crippen molar-refractivity contribution in [3.05, 3.63) is 40.9 Å². The second kappa shape index (κ2) is 6.58. The van der Waals surface area contributed by atoms with Crippen LogP contribution in [0.4, 0.5) is 4.79 Å². The first-order valence-corrected chi connectivity index (χ1v) is 7.61. The number of carbonyl (C=O) groups is 1. The van der Waals surface area contributed by atoms with E-state index < -0.39 is 11.7 Å². The summed E-state index contributed by atoms with van der Waals surface area (Å²) in [6.07, 6.45) is 1.29. The highest BCUT2D eigenvalue weighted by atomic mass is 32.1. The maximum absolute atomic E-state index is 11.6. The third kappa shape index (κ3) is 4.57. The summed E-state index contributed by atoms with van der Waals surface area (Å²) in [6, 6.07) is 9.33. The zero-order chi connectivity index (χ0) is 16.2. The summed E-state index contributed by atoms with van der Waals surface area (Å²) in [5.41, 5.74) is 1.06. The number of ether oxygens (including phenoxy) is 1. The summed E-state index contributed by atoms with van der Waals surface area (Å²) in [5, 5.41) is 12.3. The molecule has 0 atom stereocenters. The molecular formula is C16H17N3O2S. The van der Waals surface area contributed by atoms with Crippen LogP contribution in [0, 0.1) is 11.3 Å². The molecule has 5 nitrogen and oxygen atoms in total. The Bertz CT molecular complexity index is 693. The van der Waals surface area contributed by atoms with Gasteiger partial charge < -0.3 is 10.1 Å². The van der Waals surface area contributed by atoms with E-state index in [9.17, 15) is 4.79 Å². The van der Waals surface area contributed by atoms with Crippen molar-refractivity contribution in [3.8, 4) is 16.6 Å². The molecule has 1 amide bonds. The average Bonchev–Trinajstić information content (AvgIpc) is 2.92. The van der Waals surface area contributed by atoms with Crippen LogP contribution in [0.1, 0.15) is 31.2 Å². The number of carbonyl (C=O) groups excluding carboxylic acids is 1. The summed E-state index contributed by atoms with van der Waals surface area (Å²) in [5.74, 6) is 0. The van der Waals surface area contributed by atoms with Crippen molar-refractivity contribution in [2.45, 2.75) is 32.9 Å². The Kier molecular flexibility index (Phi) is 4.78. The van der Waals surface area contributed by atoms with Crippen molar-refractivity contribution in [3.63, 3.8) is 0 Å². The predicted octanol–water partition coefficient (Wildman–Crippen LogP) is 3.71. The summed E-state index contributed by atoms with van der Waals surface area (Å²) in [6.45, 7) is 5.84. The lowest BCUT2D eigenvalue weighted by Gasteiger charge is -2.19. The highest BCUT2D eigenvalue weighted by molar-refractivity contribution is 7.15. The Labute approximate surface area is 133 Å². The molecule has 0 fully saturated rings. The van der Waals surface area contributed by atoms with Crippen molar-refractivity contribution in [2.75, 3.05) is 0 Å². The smallest absolute Gasteiger partial charge is 0.407 e. The van der Waals surface area contributed by atoms with Crippen molar-refractivity contribution >= 4 is 17.4 Å². The largest absolute Gasteiger partial charge is 0.444 e. The van der Waals surface area contributed by atoms with Gasteiger partial charge in [0.05, 0.1) is 18.2 Å². The second-order valence-corrected chi connectivity index (χ2v) is 6.79. The van der Waals surface area contributed by atoms with Crippen molar-refractivity contribution in [1.29, 1.82) is 5.26 Å². The molecule has 0 radical (unpaired) electrons. The van der Waals surface area contributed by atoms with Crippen LogP contribution in [0.3, 0.4) is 0 Å². The van der Waals surface area contributed by atoms with Crippen molar-refractivity contribution < 1.29 is 9.53 Å². The van der Waals surface area contributed by atoms with Gasteiger partial charge in [-0.25, -0.2) is 9.78 Å². The molecule has 0 aliphatic heterocycles. The van der Waals surface area contributed by atoms with Gasteiger partial charge in [-0.2, -0.15) is 5.26 Å². The number of aromatic nitrogens is 1. The molecule has 2 rings (SSSR count). The number of nitriles is 1. The van der Waals surface area contributed by atoms with Crippen LogP contribution >= 0.6 is 11.3 Å². The minimum atomic E-state index is -0.509. The van der Waals surface area contributed by atoms with E-state index in [4.69, 9.17) is 10.00 Å².